The molecule has 30 heavy (non-hydrogen) atoms. The summed E-state index contributed by atoms with van der Waals surface area (Å²) in [5.41, 5.74) is -2.36. The number of hydrogen-bond acceptors (Lipinski definition) is 6. The number of carbonyl (C=O) groups is 3. The molecular weight excluding hydrogens is 388 g/mol. The Bertz CT molecular complexity index is 719. The highest BCUT2D eigenvalue weighted by atomic mass is 16.6. The Morgan fingerprint density at radius 3 is 2.57 bits per heavy atom. The molecule has 3 aliphatic rings. The third kappa shape index (κ3) is 3.42. The maximum Gasteiger partial charge on any atom is 0.312 e. The average molecular weight is 425 g/mol. The molecular formula is C22H36N2O6. The van der Waals surface area contributed by atoms with Gasteiger partial charge in [-0.3, -0.25) is 14.4 Å². The minimum atomic E-state index is -1.04. The van der Waals surface area contributed by atoms with Crippen LogP contribution in [0, 0.1) is 17.8 Å². The molecule has 0 radical (unpaired) electrons. The van der Waals surface area contributed by atoms with Crippen molar-refractivity contribution in [2.75, 3.05) is 19.8 Å². The molecule has 0 saturated carbocycles. The van der Waals surface area contributed by atoms with Crippen LogP contribution < -0.4 is 5.32 Å². The van der Waals surface area contributed by atoms with E-state index in [1.807, 2.05) is 34.6 Å². The summed E-state index contributed by atoms with van der Waals surface area (Å²) < 4.78 is 11.9. The first-order valence-corrected chi connectivity index (χ1v) is 11.0. The molecule has 8 heteroatoms. The van der Waals surface area contributed by atoms with Gasteiger partial charge in [0.15, 0.2) is 0 Å². The minimum Gasteiger partial charge on any atom is -0.466 e. The molecule has 170 valence electrons. The van der Waals surface area contributed by atoms with Crippen molar-refractivity contribution in [3.05, 3.63) is 0 Å². The highest BCUT2D eigenvalue weighted by Crippen LogP contribution is 2.65. The van der Waals surface area contributed by atoms with Crippen LogP contribution in [0.4, 0.5) is 0 Å². The smallest absolute Gasteiger partial charge is 0.312 e. The SMILES string of the molecule is CCOC(=O)[C@H]1[C@H]2C(=O)N(CCCCO)C(C(=O)NC(C)(C)C)C23CC(C)[C@]1(C)O3. The maximum absolute atomic E-state index is 13.6. The molecule has 2 N–H and O–H groups in total. The number of fused-ring (bicyclic) bond motifs is 1. The van der Waals surface area contributed by atoms with E-state index >= 15 is 0 Å². The third-order valence-corrected chi connectivity index (χ3v) is 6.91. The van der Waals surface area contributed by atoms with Crippen LogP contribution in [-0.2, 0) is 23.9 Å². The average Bonchev–Trinajstić information content (AvgIpc) is 3.12. The van der Waals surface area contributed by atoms with Crippen molar-refractivity contribution in [3.63, 3.8) is 0 Å². The quantitative estimate of drug-likeness (QED) is 0.471. The normalized spacial score (nSPS) is 37.4. The summed E-state index contributed by atoms with van der Waals surface area (Å²) in [5.74, 6) is -2.39. The number of aliphatic hydroxyl groups excluding tert-OH is 1. The molecule has 3 fully saturated rings. The first-order chi connectivity index (χ1) is 13.9. The van der Waals surface area contributed by atoms with Gasteiger partial charge in [-0.25, -0.2) is 0 Å². The second-order valence-corrected chi connectivity index (χ2v) is 10.2. The Morgan fingerprint density at radius 1 is 1.33 bits per heavy atom. The Kier molecular flexibility index (Phi) is 5.97. The number of hydrogen-bond donors (Lipinski definition) is 2. The predicted molar refractivity (Wildman–Crippen MR) is 109 cm³/mol. The van der Waals surface area contributed by atoms with Gasteiger partial charge < -0.3 is 24.8 Å². The summed E-state index contributed by atoms with van der Waals surface area (Å²) in [6.07, 6.45) is 1.64. The Morgan fingerprint density at radius 2 is 2.00 bits per heavy atom. The monoisotopic (exact) mass is 424 g/mol. The zero-order chi connectivity index (χ0) is 22.5. The Hall–Kier alpha value is -1.67. The van der Waals surface area contributed by atoms with Gasteiger partial charge in [0, 0.05) is 18.7 Å². The minimum absolute atomic E-state index is 0.00159. The maximum atomic E-state index is 13.6. The van der Waals surface area contributed by atoms with E-state index in [1.165, 1.54) is 0 Å². The van der Waals surface area contributed by atoms with Crippen molar-refractivity contribution in [2.45, 2.75) is 83.6 Å². The van der Waals surface area contributed by atoms with Crippen molar-refractivity contribution < 1.29 is 29.0 Å². The lowest BCUT2D eigenvalue weighted by Gasteiger charge is -2.36. The topological polar surface area (TPSA) is 105 Å². The molecule has 0 aromatic carbocycles. The van der Waals surface area contributed by atoms with Crippen LogP contribution in [-0.4, -0.2) is 70.3 Å². The van der Waals surface area contributed by atoms with E-state index in [0.717, 1.165) is 0 Å². The number of amides is 2. The zero-order valence-electron chi connectivity index (χ0n) is 19.0. The molecule has 0 aliphatic carbocycles. The van der Waals surface area contributed by atoms with E-state index < -0.39 is 40.6 Å². The number of esters is 1. The van der Waals surface area contributed by atoms with E-state index in [-0.39, 0.29) is 30.9 Å². The van der Waals surface area contributed by atoms with Crippen LogP contribution >= 0.6 is 0 Å². The second-order valence-electron chi connectivity index (χ2n) is 10.2. The van der Waals surface area contributed by atoms with E-state index in [1.54, 1.807) is 11.8 Å². The van der Waals surface area contributed by atoms with Gasteiger partial charge in [0.25, 0.3) is 0 Å². The number of aliphatic hydroxyl groups is 1. The van der Waals surface area contributed by atoms with Crippen LogP contribution in [0.5, 0.6) is 0 Å². The summed E-state index contributed by atoms with van der Waals surface area (Å²) in [5, 5.41) is 12.2. The standard InChI is InChI=1S/C22H36N2O6/c1-7-29-19(28)15-14-18(27)24(10-8-9-11-25)16(17(26)23-20(3,4)5)22(14)12-13(2)21(15,6)30-22/h13-16,25H,7-12H2,1-6H3,(H,23,26)/t13?,14-,15+,16?,21-,22?/m0/s1. The summed E-state index contributed by atoms with van der Waals surface area (Å²) in [7, 11) is 0. The number of carbonyl (C=O) groups excluding carboxylic acids is 3. The second kappa shape index (κ2) is 7.79. The van der Waals surface area contributed by atoms with Gasteiger partial charge in [-0.15, -0.1) is 0 Å². The molecule has 3 aliphatic heterocycles. The van der Waals surface area contributed by atoms with Gasteiger partial charge >= 0.3 is 5.97 Å². The highest BCUT2D eigenvalue weighted by molar-refractivity contribution is 5.98. The first kappa shape index (κ1) is 23.0. The van der Waals surface area contributed by atoms with Crippen LogP contribution in [0.25, 0.3) is 0 Å². The fourth-order valence-electron chi connectivity index (χ4n) is 5.70. The van der Waals surface area contributed by atoms with Crippen LogP contribution in [0.15, 0.2) is 0 Å². The molecule has 8 nitrogen and oxygen atoms in total. The predicted octanol–water partition coefficient (Wildman–Crippen LogP) is 1.25. The van der Waals surface area contributed by atoms with Gasteiger partial charge in [-0.05, 0) is 59.8 Å². The van der Waals surface area contributed by atoms with Crippen molar-refractivity contribution in [1.29, 1.82) is 0 Å². The highest BCUT2D eigenvalue weighted by Gasteiger charge is 2.80. The van der Waals surface area contributed by atoms with Gasteiger partial charge in [-0.2, -0.15) is 0 Å². The molecule has 2 amide bonds. The zero-order valence-corrected chi connectivity index (χ0v) is 19.0. The first-order valence-electron chi connectivity index (χ1n) is 11.0. The van der Waals surface area contributed by atoms with Crippen molar-refractivity contribution in [1.82, 2.24) is 10.2 Å². The number of likely N-dealkylation sites (tertiary alicyclic amines) is 1. The molecule has 0 aromatic heterocycles. The molecule has 6 atom stereocenters. The summed E-state index contributed by atoms with van der Waals surface area (Å²) in [6, 6.07) is -0.809. The lowest BCUT2D eigenvalue weighted by molar-refractivity contribution is -0.161. The lowest BCUT2D eigenvalue weighted by Crippen LogP contribution is -2.58. The largest absolute Gasteiger partial charge is 0.466 e. The fraction of sp³-hybridized carbons (Fsp3) is 0.864. The van der Waals surface area contributed by atoms with Gasteiger partial charge in [0.2, 0.25) is 11.8 Å². The molecule has 3 rings (SSSR count). The molecule has 3 saturated heterocycles. The van der Waals surface area contributed by atoms with Gasteiger partial charge in [0.1, 0.15) is 17.6 Å². The summed E-state index contributed by atoms with van der Waals surface area (Å²) in [4.78, 5) is 41.6. The van der Waals surface area contributed by atoms with E-state index in [4.69, 9.17) is 9.47 Å². The van der Waals surface area contributed by atoms with Crippen LogP contribution in [0.3, 0.4) is 0 Å². The van der Waals surface area contributed by atoms with Crippen LogP contribution in [0.1, 0.15) is 60.8 Å². The van der Waals surface area contributed by atoms with Crippen molar-refractivity contribution >= 4 is 17.8 Å². The number of nitrogens with one attached hydrogen (secondary N) is 1. The summed E-state index contributed by atoms with van der Waals surface area (Å²) in [6.45, 7) is 11.9. The van der Waals surface area contributed by atoms with Crippen molar-refractivity contribution in [2.24, 2.45) is 17.8 Å². The van der Waals surface area contributed by atoms with Crippen LogP contribution in [0.2, 0.25) is 0 Å². The summed E-state index contributed by atoms with van der Waals surface area (Å²) >= 11 is 0. The Balaban J connectivity index is 2.04. The van der Waals surface area contributed by atoms with Gasteiger partial charge in [0.05, 0.1) is 18.1 Å². The third-order valence-electron chi connectivity index (χ3n) is 6.91. The molecule has 3 heterocycles. The van der Waals surface area contributed by atoms with Gasteiger partial charge in [-0.1, -0.05) is 6.92 Å². The number of ether oxygens (including phenoxy) is 2. The fourth-order valence-corrected chi connectivity index (χ4v) is 5.70. The van der Waals surface area contributed by atoms with E-state index in [9.17, 15) is 19.5 Å². The van der Waals surface area contributed by atoms with Crippen molar-refractivity contribution in [3.8, 4) is 0 Å². The Labute approximate surface area is 178 Å². The molecule has 0 aromatic rings. The van der Waals surface area contributed by atoms with E-state index in [0.29, 0.717) is 25.8 Å². The lowest BCUT2D eigenvalue weighted by atomic mass is 9.62. The molecule has 3 unspecified atom stereocenters. The number of unbranched alkanes of at least 4 members (excludes halogenated alkanes) is 1. The number of rotatable bonds is 7. The van der Waals surface area contributed by atoms with E-state index in [2.05, 4.69) is 5.32 Å². The number of nitrogens with zero attached hydrogens (tertiary/aromatic N) is 1. The molecule has 2 bridgehead atoms. The molecule has 1 spiro atoms.